The number of morpholine rings is 1. The normalized spacial score (nSPS) is 32.1. The Balaban J connectivity index is 2.01. The molecule has 0 spiro atoms. The van der Waals surface area contributed by atoms with E-state index in [-0.39, 0.29) is 6.10 Å². The molecule has 1 aliphatic rings. The Kier molecular flexibility index (Phi) is 3.12. The van der Waals surface area contributed by atoms with Gasteiger partial charge in [-0.05, 0) is 25.0 Å². The Morgan fingerprint density at radius 3 is 2.80 bits per heavy atom. The van der Waals surface area contributed by atoms with E-state index < -0.39 is 0 Å². The van der Waals surface area contributed by atoms with E-state index in [2.05, 4.69) is 26.1 Å². The topological polar surface area (TPSA) is 34.4 Å². The van der Waals surface area contributed by atoms with Crippen LogP contribution in [0.2, 0.25) is 0 Å². The lowest BCUT2D eigenvalue weighted by molar-refractivity contribution is -0.0442. The van der Waals surface area contributed by atoms with Gasteiger partial charge in [0.2, 0.25) is 0 Å². The maximum Gasteiger partial charge on any atom is 0.134 e. The maximum atomic E-state index is 5.85. The van der Waals surface area contributed by atoms with Crippen LogP contribution in [0.5, 0.6) is 0 Å². The zero-order valence-electron chi connectivity index (χ0n) is 9.57. The van der Waals surface area contributed by atoms with Gasteiger partial charge in [0.05, 0.1) is 12.9 Å². The van der Waals surface area contributed by atoms with Gasteiger partial charge in [-0.25, -0.2) is 0 Å². The number of nitrogens with one attached hydrogen (secondary N) is 1. The lowest BCUT2D eigenvalue weighted by Crippen LogP contribution is -2.51. The van der Waals surface area contributed by atoms with Gasteiger partial charge in [-0.3, -0.25) is 0 Å². The van der Waals surface area contributed by atoms with E-state index in [4.69, 9.17) is 9.15 Å². The lowest BCUT2D eigenvalue weighted by Gasteiger charge is -2.36. The summed E-state index contributed by atoms with van der Waals surface area (Å²) in [4.78, 5) is 0. The fourth-order valence-electron chi connectivity index (χ4n) is 1.99. The number of rotatable bonds is 2. The summed E-state index contributed by atoms with van der Waals surface area (Å²) in [5, 5.41) is 3.57. The molecule has 0 saturated carbocycles. The van der Waals surface area contributed by atoms with Crippen LogP contribution < -0.4 is 5.32 Å². The molecule has 3 atom stereocenters. The van der Waals surface area contributed by atoms with Gasteiger partial charge in [0, 0.05) is 12.1 Å². The SMILES string of the molecule is CC(C)C1COC(c2ccco2)C(C)N1. The minimum Gasteiger partial charge on any atom is -0.467 e. The van der Waals surface area contributed by atoms with Gasteiger partial charge in [-0.15, -0.1) is 0 Å². The molecular weight excluding hydrogens is 190 g/mol. The van der Waals surface area contributed by atoms with Gasteiger partial charge in [0.15, 0.2) is 0 Å². The molecule has 1 aromatic heterocycles. The molecule has 0 aromatic carbocycles. The Morgan fingerprint density at radius 1 is 1.47 bits per heavy atom. The summed E-state index contributed by atoms with van der Waals surface area (Å²) in [6.07, 6.45) is 1.75. The van der Waals surface area contributed by atoms with Crippen molar-refractivity contribution in [2.24, 2.45) is 5.92 Å². The minimum absolute atomic E-state index is 0.0509. The van der Waals surface area contributed by atoms with Crippen LogP contribution in [0.25, 0.3) is 0 Å². The molecule has 1 N–H and O–H groups in total. The molecule has 0 aliphatic carbocycles. The first-order valence-corrected chi connectivity index (χ1v) is 5.59. The van der Waals surface area contributed by atoms with Gasteiger partial charge >= 0.3 is 0 Å². The Bertz CT molecular complexity index is 295. The van der Waals surface area contributed by atoms with Crippen molar-refractivity contribution < 1.29 is 9.15 Å². The highest BCUT2D eigenvalue weighted by molar-refractivity contribution is 5.06. The van der Waals surface area contributed by atoms with E-state index in [0.717, 1.165) is 12.4 Å². The monoisotopic (exact) mass is 209 g/mol. The van der Waals surface area contributed by atoms with Crippen LogP contribution in [0.4, 0.5) is 0 Å². The molecule has 1 fully saturated rings. The standard InChI is InChI=1S/C12H19NO2/c1-8(2)10-7-15-12(9(3)13-10)11-5-4-6-14-11/h4-6,8-10,12-13H,7H2,1-3H3. The van der Waals surface area contributed by atoms with Crippen LogP contribution in [0.1, 0.15) is 32.6 Å². The van der Waals surface area contributed by atoms with Crippen molar-refractivity contribution in [1.29, 1.82) is 0 Å². The third-order valence-electron chi connectivity index (χ3n) is 3.01. The maximum absolute atomic E-state index is 5.85. The molecule has 3 heteroatoms. The van der Waals surface area contributed by atoms with Crippen molar-refractivity contribution in [2.75, 3.05) is 6.61 Å². The quantitative estimate of drug-likeness (QED) is 0.812. The van der Waals surface area contributed by atoms with Crippen molar-refractivity contribution >= 4 is 0 Å². The van der Waals surface area contributed by atoms with Crippen molar-refractivity contribution in [3.05, 3.63) is 24.2 Å². The third-order valence-corrected chi connectivity index (χ3v) is 3.01. The highest BCUT2D eigenvalue weighted by Crippen LogP contribution is 2.26. The first-order valence-electron chi connectivity index (χ1n) is 5.59. The second kappa shape index (κ2) is 4.37. The predicted octanol–water partition coefficient (Wildman–Crippen LogP) is 2.35. The van der Waals surface area contributed by atoms with Gasteiger partial charge in [-0.2, -0.15) is 0 Å². The van der Waals surface area contributed by atoms with Gasteiger partial charge in [0.25, 0.3) is 0 Å². The van der Waals surface area contributed by atoms with E-state index in [1.165, 1.54) is 0 Å². The highest BCUT2D eigenvalue weighted by atomic mass is 16.5. The number of hydrogen-bond donors (Lipinski definition) is 1. The fourth-order valence-corrected chi connectivity index (χ4v) is 1.99. The molecule has 0 amide bonds. The molecule has 3 nitrogen and oxygen atoms in total. The summed E-state index contributed by atoms with van der Waals surface area (Å²) < 4.78 is 11.2. The molecule has 15 heavy (non-hydrogen) atoms. The summed E-state index contributed by atoms with van der Waals surface area (Å²) >= 11 is 0. The molecule has 2 heterocycles. The van der Waals surface area contributed by atoms with Crippen molar-refractivity contribution in [2.45, 2.75) is 39.0 Å². The molecule has 1 aromatic rings. The van der Waals surface area contributed by atoms with Gasteiger partial charge in [0.1, 0.15) is 11.9 Å². The first-order chi connectivity index (χ1) is 7.18. The van der Waals surface area contributed by atoms with Crippen LogP contribution in [0.3, 0.4) is 0 Å². The average molecular weight is 209 g/mol. The molecule has 0 radical (unpaired) electrons. The zero-order valence-corrected chi connectivity index (χ0v) is 9.57. The van der Waals surface area contributed by atoms with Gasteiger partial charge in [-0.1, -0.05) is 13.8 Å². The Labute approximate surface area is 90.8 Å². The number of furan rings is 1. The van der Waals surface area contributed by atoms with E-state index >= 15 is 0 Å². The minimum atomic E-state index is 0.0509. The second-order valence-electron chi connectivity index (χ2n) is 4.58. The third kappa shape index (κ3) is 2.24. The molecular formula is C12H19NO2. The first kappa shape index (κ1) is 10.7. The predicted molar refractivity (Wildman–Crippen MR) is 58.6 cm³/mol. The van der Waals surface area contributed by atoms with Crippen molar-refractivity contribution in [3.63, 3.8) is 0 Å². The van der Waals surface area contributed by atoms with E-state index in [0.29, 0.717) is 18.0 Å². The molecule has 1 aliphatic heterocycles. The van der Waals surface area contributed by atoms with E-state index in [9.17, 15) is 0 Å². The smallest absolute Gasteiger partial charge is 0.134 e. The average Bonchev–Trinajstić information content (AvgIpc) is 2.70. The van der Waals surface area contributed by atoms with Crippen LogP contribution in [-0.2, 0) is 4.74 Å². The van der Waals surface area contributed by atoms with Crippen molar-refractivity contribution in [1.82, 2.24) is 5.32 Å². The molecule has 3 unspecified atom stereocenters. The summed E-state index contributed by atoms with van der Waals surface area (Å²) in [5.74, 6) is 1.52. The summed E-state index contributed by atoms with van der Waals surface area (Å²) in [6.45, 7) is 7.32. The van der Waals surface area contributed by atoms with Crippen molar-refractivity contribution in [3.8, 4) is 0 Å². The van der Waals surface area contributed by atoms with Crippen LogP contribution in [0, 0.1) is 5.92 Å². The van der Waals surface area contributed by atoms with Crippen LogP contribution in [-0.4, -0.2) is 18.7 Å². The molecule has 2 rings (SSSR count). The molecule has 1 saturated heterocycles. The fraction of sp³-hybridized carbons (Fsp3) is 0.667. The Hall–Kier alpha value is -0.800. The molecule has 0 bridgehead atoms. The summed E-state index contributed by atoms with van der Waals surface area (Å²) in [6, 6.07) is 4.63. The van der Waals surface area contributed by atoms with Gasteiger partial charge < -0.3 is 14.5 Å². The second-order valence-corrected chi connectivity index (χ2v) is 4.58. The summed E-state index contributed by atoms with van der Waals surface area (Å²) in [7, 11) is 0. The lowest BCUT2D eigenvalue weighted by atomic mass is 9.99. The zero-order chi connectivity index (χ0) is 10.8. The number of ether oxygens (including phenoxy) is 1. The van der Waals surface area contributed by atoms with Crippen LogP contribution >= 0.6 is 0 Å². The highest BCUT2D eigenvalue weighted by Gasteiger charge is 2.31. The van der Waals surface area contributed by atoms with Crippen LogP contribution in [0.15, 0.2) is 22.8 Å². The molecule has 84 valence electrons. The van der Waals surface area contributed by atoms with E-state index in [1.807, 2.05) is 12.1 Å². The van der Waals surface area contributed by atoms with E-state index in [1.54, 1.807) is 6.26 Å². The largest absolute Gasteiger partial charge is 0.467 e. The number of hydrogen-bond acceptors (Lipinski definition) is 3. The Morgan fingerprint density at radius 2 is 2.27 bits per heavy atom. The summed E-state index contributed by atoms with van der Waals surface area (Å²) in [5.41, 5.74) is 0.